The van der Waals surface area contributed by atoms with E-state index >= 15 is 0 Å². The summed E-state index contributed by atoms with van der Waals surface area (Å²) in [6.07, 6.45) is 1.87. The summed E-state index contributed by atoms with van der Waals surface area (Å²) in [5.74, 6) is -0.361. The predicted octanol–water partition coefficient (Wildman–Crippen LogP) is 4.70. The molecule has 0 amide bonds. The molecular weight excluding hydrogens is 357 g/mol. The minimum Gasteiger partial charge on any atom is -0.466 e. The molecule has 0 spiro atoms. The van der Waals surface area contributed by atoms with Crippen molar-refractivity contribution in [1.82, 2.24) is 0 Å². The third kappa shape index (κ3) is 5.87. The second-order valence-electron chi connectivity index (χ2n) is 6.08. The highest BCUT2D eigenvalue weighted by Gasteiger charge is 2.35. The van der Waals surface area contributed by atoms with Crippen molar-refractivity contribution >= 4 is 25.5 Å². The highest BCUT2D eigenvalue weighted by Crippen LogP contribution is 2.42. The van der Waals surface area contributed by atoms with Crippen molar-refractivity contribution in [1.29, 1.82) is 0 Å². The Balaban J connectivity index is 2.32. The number of hydrogen-bond acceptors (Lipinski definition) is 5. The van der Waals surface area contributed by atoms with Crippen LogP contribution < -0.4 is 0 Å². The molecule has 2 rings (SSSR count). The van der Waals surface area contributed by atoms with Gasteiger partial charge in [0.05, 0.1) is 11.1 Å². The van der Waals surface area contributed by atoms with Gasteiger partial charge < -0.3 is 4.74 Å². The van der Waals surface area contributed by atoms with Crippen molar-refractivity contribution in [3.8, 4) is 0 Å². The van der Waals surface area contributed by atoms with Crippen molar-refractivity contribution in [2.75, 3.05) is 6.61 Å². The molecule has 1 aromatic carbocycles. The van der Waals surface area contributed by atoms with Crippen LogP contribution in [0.5, 0.6) is 0 Å². The molecule has 0 N–H and O–H groups in total. The number of alkyl halides is 3. The van der Waals surface area contributed by atoms with Crippen LogP contribution in [0.1, 0.15) is 31.2 Å². The molecule has 1 saturated carbocycles. The predicted molar refractivity (Wildman–Crippen MR) is 102 cm³/mol. The van der Waals surface area contributed by atoms with Gasteiger partial charge in [0.1, 0.15) is 0 Å². The van der Waals surface area contributed by atoms with Crippen molar-refractivity contribution in [3.63, 3.8) is 0 Å². The fraction of sp³-hybridized carbons (Fsp3) is 0.368. The van der Waals surface area contributed by atoms with Gasteiger partial charge in [0, 0.05) is 19.1 Å². The van der Waals surface area contributed by atoms with Gasteiger partial charge in [-0.1, -0.05) is 43.2 Å². The average Bonchev–Trinajstić information content (AvgIpc) is 3.12. The molecule has 0 unspecified atom stereocenters. The maximum absolute atomic E-state index is 12.5. The number of benzene rings is 1. The fourth-order valence-electron chi connectivity index (χ4n) is 3.02. The maximum Gasteiger partial charge on any atom is 0.422 e. The summed E-state index contributed by atoms with van der Waals surface area (Å²) < 4.78 is 42.3. The summed E-state index contributed by atoms with van der Waals surface area (Å²) in [6.45, 7) is 5.00. The van der Waals surface area contributed by atoms with Crippen LogP contribution in [0.4, 0.5) is 13.2 Å². The molecule has 1 fully saturated rings. The zero-order valence-corrected chi connectivity index (χ0v) is 14.8. The van der Waals surface area contributed by atoms with Crippen molar-refractivity contribution in [2.45, 2.75) is 37.4 Å². The maximum atomic E-state index is 12.5. The lowest BCUT2D eigenvalue weighted by Gasteiger charge is -2.25. The number of ether oxygens (including phenoxy) is 1. The minimum absolute atomic E-state index is 0.142. The fourth-order valence-corrected chi connectivity index (χ4v) is 3.02. The standard InChI is InChI=1S/C19H21F3N4O/c1-23-12-15(17(26-24-2)27-14-19(20,21)22)13-25-18(10-6-7-11-18)16-8-4-3-5-9-16/h3-5,8-9,12-13H,1-2,6-7,10-11,14H2/b15-12+,25-13?,26-17-. The number of hydrogen-bond donors (Lipinski definition) is 0. The van der Waals surface area contributed by atoms with E-state index in [1.807, 2.05) is 30.3 Å². The molecule has 5 nitrogen and oxygen atoms in total. The van der Waals surface area contributed by atoms with Gasteiger partial charge in [-0.3, -0.25) is 9.98 Å². The molecule has 0 bridgehead atoms. The molecule has 0 atom stereocenters. The first-order valence-electron chi connectivity index (χ1n) is 8.40. The van der Waals surface area contributed by atoms with E-state index in [1.54, 1.807) is 0 Å². The molecule has 0 aromatic heterocycles. The van der Waals surface area contributed by atoms with Gasteiger partial charge in [-0.25, -0.2) is 0 Å². The van der Waals surface area contributed by atoms with Crippen LogP contribution >= 0.6 is 0 Å². The molecule has 144 valence electrons. The summed E-state index contributed by atoms with van der Waals surface area (Å²) in [4.78, 5) is 8.32. The molecular formula is C19H21F3N4O. The van der Waals surface area contributed by atoms with Crippen molar-refractivity contribution in [2.24, 2.45) is 20.2 Å². The third-order valence-corrected chi connectivity index (χ3v) is 4.20. The van der Waals surface area contributed by atoms with Crippen molar-refractivity contribution in [3.05, 3.63) is 47.7 Å². The van der Waals surface area contributed by atoms with Crippen LogP contribution in [0.25, 0.3) is 0 Å². The lowest BCUT2D eigenvalue weighted by atomic mass is 9.89. The van der Waals surface area contributed by atoms with Crippen LogP contribution in [0.15, 0.2) is 62.3 Å². The van der Waals surface area contributed by atoms with Gasteiger partial charge >= 0.3 is 6.18 Å². The van der Waals surface area contributed by atoms with E-state index in [0.717, 1.165) is 31.2 Å². The summed E-state index contributed by atoms with van der Waals surface area (Å²) in [5.41, 5.74) is 0.767. The Labute approximate surface area is 156 Å². The number of aliphatic imine (C=N–C) groups is 2. The van der Waals surface area contributed by atoms with Crippen LogP contribution in [-0.2, 0) is 10.3 Å². The topological polar surface area (TPSA) is 58.7 Å². The Morgan fingerprint density at radius 1 is 1.15 bits per heavy atom. The lowest BCUT2D eigenvalue weighted by molar-refractivity contribution is -0.156. The van der Waals surface area contributed by atoms with Gasteiger partial charge in [-0.15, -0.1) is 5.10 Å². The Morgan fingerprint density at radius 3 is 2.37 bits per heavy atom. The van der Waals surface area contributed by atoms with Crippen LogP contribution in [0.2, 0.25) is 0 Å². The van der Waals surface area contributed by atoms with E-state index in [-0.39, 0.29) is 11.5 Å². The highest BCUT2D eigenvalue weighted by atomic mass is 19.4. The Kier molecular flexibility index (Phi) is 7.04. The van der Waals surface area contributed by atoms with E-state index in [0.29, 0.717) is 0 Å². The largest absolute Gasteiger partial charge is 0.466 e. The highest BCUT2D eigenvalue weighted by molar-refractivity contribution is 6.12. The molecule has 27 heavy (non-hydrogen) atoms. The first-order valence-corrected chi connectivity index (χ1v) is 8.40. The molecule has 0 radical (unpaired) electrons. The van der Waals surface area contributed by atoms with Gasteiger partial charge in [-0.05, 0) is 25.1 Å². The number of nitrogens with zero attached hydrogens (tertiary/aromatic N) is 4. The summed E-state index contributed by atoms with van der Waals surface area (Å²) in [6, 6.07) is 9.80. The van der Waals surface area contributed by atoms with Crippen LogP contribution in [0.3, 0.4) is 0 Å². The number of halogens is 3. The number of rotatable bonds is 7. The molecule has 1 aliphatic rings. The third-order valence-electron chi connectivity index (χ3n) is 4.20. The average molecular weight is 378 g/mol. The lowest BCUT2D eigenvalue weighted by Crippen LogP contribution is -2.23. The zero-order valence-electron chi connectivity index (χ0n) is 14.8. The monoisotopic (exact) mass is 378 g/mol. The molecule has 8 heteroatoms. The zero-order chi connectivity index (χ0) is 19.8. The van der Waals surface area contributed by atoms with Gasteiger partial charge in [-0.2, -0.15) is 18.3 Å². The normalized spacial score (nSPS) is 17.9. The Morgan fingerprint density at radius 2 is 1.81 bits per heavy atom. The second kappa shape index (κ2) is 9.25. The van der Waals surface area contributed by atoms with Gasteiger partial charge in [0.15, 0.2) is 6.61 Å². The first kappa shape index (κ1) is 20.5. The molecule has 1 aliphatic carbocycles. The van der Waals surface area contributed by atoms with E-state index in [9.17, 15) is 13.2 Å². The Hall–Kier alpha value is -2.77. The quantitative estimate of drug-likeness (QED) is 0.385. The van der Waals surface area contributed by atoms with Gasteiger partial charge in [0.25, 0.3) is 0 Å². The van der Waals surface area contributed by atoms with Crippen LogP contribution in [-0.4, -0.2) is 38.3 Å². The summed E-state index contributed by atoms with van der Waals surface area (Å²) in [7, 11) is 0. The molecule has 1 aromatic rings. The van der Waals surface area contributed by atoms with E-state index in [4.69, 9.17) is 9.73 Å². The summed E-state index contributed by atoms with van der Waals surface area (Å²) in [5, 5.41) is 6.82. The van der Waals surface area contributed by atoms with E-state index in [1.165, 1.54) is 12.4 Å². The molecule has 0 aliphatic heterocycles. The minimum atomic E-state index is -4.51. The SMILES string of the molecule is C=N/C=C(C=NC1(c2ccccc2)CCCC1)/C(=N/N=C)OCC(F)(F)F. The first-order chi connectivity index (χ1) is 12.9. The smallest absolute Gasteiger partial charge is 0.422 e. The van der Waals surface area contributed by atoms with Crippen molar-refractivity contribution < 1.29 is 17.9 Å². The van der Waals surface area contributed by atoms with Gasteiger partial charge in [0.2, 0.25) is 5.90 Å². The van der Waals surface area contributed by atoms with E-state index < -0.39 is 18.3 Å². The van der Waals surface area contributed by atoms with Crippen LogP contribution in [0, 0.1) is 0 Å². The molecule has 0 heterocycles. The summed E-state index contributed by atoms with van der Waals surface area (Å²) >= 11 is 0. The van der Waals surface area contributed by atoms with E-state index in [2.05, 4.69) is 28.6 Å². The Bertz CT molecular complexity index is 733. The second-order valence-corrected chi connectivity index (χ2v) is 6.08. The molecule has 0 saturated heterocycles.